The fourth-order valence-corrected chi connectivity index (χ4v) is 10.1. The van der Waals surface area contributed by atoms with Crippen molar-refractivity contribution in [2.24, 2.45) is 0 Å². The van der Waals surface area contributed by atoms with Gasteiger partial charge in [-0.3, -0.25) is 23.4 Å². The third-order valence-corrected chi connectivity index (χ3v) is 15.4. The van der Waals surface area contributed by atoms with Crippen molar-refractivity contribution in [2.45, 2.75) is 315 Å². The van der Waals surface area contributed by atoms with E-state index in [9.17, 15) is 28.9 Å². The summed E-state index contributed by atoms with van der Waals surface area (Å²) in [4.78, 5) is 48.9. The van der Waals surface area contributed by atoms with Crippen LogP contribution >= 0.6 is 7.82 Å². The summed E-state index contributed by atoms with van der Waals surface area (Å²) in [5, 5.41) is 9.88. The largest absolute Gasteiger partial charge is 0.472 e. The molecule has 0 saturated heterocycles. The van der Waals surface area contributed by atoms with E-state index in [0.717, 1.165) is 122 Å². The van der Waals surface area contributed by atoms with E-state index >= 15 is 0 Å². The molecule has 0 bridgehead atoms. The van der Waals surface area contributed by atoms with Crippen LogP contribution in [0, 0.1) is 0 Å². The summed E-state index contributed by atoms with van der Waals surface area (Å²) in [6, 6.07) is 0. The van der Waals surface area contributed by atoms with Crippen LogP contribution < -0.4 is 0 Å². The van der Waals surface area contributed by atoms with Gasteiger partial charge in [-0.2, -0.15) is 0 Å². The van der Waals surface area contributed by atoms with Crippen molar-refractivity contribution in [3.8, 4) is 0 Å². The molecule has 0 aliphatic heterocycles. The molecule has 3 unspecified atom stereocenters. The number of ether oxygens (including phenoxy) is 3. The fourth-order valence-electron chi connectivity index (χ4n) is 9.33. The molecule has 484 valence electrons. The lowest BCUT2D eigenvalue weighted by atomic mass is 10.0. The first kappa shape index (κ1) is 80.4. The number of rotatable bonds is 63. The SMILES string of the molecule is CC/C=C\C/C=C\C/C=C\C/C=C\C/C=C\CCCCCC(=O)OC(COC(=O)CCCCCCCC/C=C\C/C=C\C/C=C\CCCCC)COP(=O)(O)OCC(CO)OC(=O)CCCCCCCCCCCCCCCCCCCCC. The molecule has 84 heavy (non-hydrogen) atoms. The summed E-state index contributed by atoms with van der Waals surface area (Å²) in [5.74, 6) is -1.51. The number of hydrogen-bond donors (Lipinski definition) is 2. The molecule has 0 aliphatic carbocycles. The maximum Gasteiger partial charge on any atom is 0.472 e. The van der Waals surface area contributed by atoms with Gasteiger partial charge in [0.1, 0.15) is 12.7 Å². The number of phosphoric ester groups is 1. The van der Waals surface area contributed by atoms with E-state index in [1.807, 2.05) is 0 Å². The quantitative estimate of drug-likeness (QED) is 0.0197. The van der Waals surface area contributed by atoms with Crippen LogP contribution in [-0.4, -0.2) is 66.5 Å². The van der Waals surface area contributed by atoms with Crippen LogP contribution in [0.5, 0.6) is 0 Å². The summed E-state index contributed by atoms with van der Waals surface area (Å²) < 4.78 is 39.7. The van der Waals surface area contributed by atoms with Crippen molar-refractivity contribution >= 4 is 25.7 Å². The van der Waals surface area contributed by atoms with Crippen LogP contribution in [-0.2, 0) is 42.2 Å². The topological polar surface area (TPSA) is 155 Å². The Hall–Kier alpha value is -3.60. The third-order valence-electron chi connectivity index (χ3n) is 14.5. The molecule has 0 spiro atoms. The molecule has 0 aromatic heterocycles. The van der Waals surface area contributed by atoms with E-state index in [4.69, 9.17) is 23.3 Å². The highest BCUT2D eigenvalue weighted by atomic mass is 31.2. The molecule has 0 fully saturated rings. The van der Waals surface area contributed by atoms with Gasteiger partial charge in [-0.15, -0.1) is 0 Å². The zero-order valence-corrected chi connectivity index (χ0v) is 54.7. The lowest BCUT2D eigenvalue weighted by molar-refractivity contribution is -0.161. The van der Waals surface area contributed by atoms with Gasteiger partial charge in [0.15, 0.2) is 6.10 Å². The van der Waals surface area contributed by atoms with E-state index in [1.54, 1.807) is 0 Å². The number of aliphatic hydroxyl groups is 1. The smallest absolute Gasteiger partial charge is 0.462 e. The fraction of sp³-hybridized carbons (Fsp3) is 0.736. The van der Waals surface area contributed by atoms with Crippen molar-refractivity contribution in [2.75, 3.05) is 26.4 Å². The van der Waals surface area contributed by atoms with Crippen LogP contribution in [0.15, 0.2) is 97.2 Å². The van der Waals surface area contributed by atoms with Crippen molar-refractivity contribution in [1.29, 1.82) is 0 Å². The van der Waals surface area contributed by atoms with Crippen LogP contribution in [0.25, 0.3) is 0 Å². The van der Waals surface area contributed by atoms with Crippen LogP contribution in [0.1, 0.15) is 303 Å². The van der Waals surface area contributed by atoms with E-state index in [2.05, 4.69) is 118 Å². The van der Waals surface area contributed by atoms with E-state index < -0.39 is 57.8 Å². The second kappa shape index (κ2) is 65.4. The molecule has 0 amide bonds. The minimum Gasteiger partial charge on any atom is -0.462 e. The van der Waals surface area contributed by atoms with Crippen LogP contribution in [0.3, 0.4) is 0 Å². The molecule has 2 N–H and O–H groups in total. The van der Waals surface area contributed by atoms with Gasteiger partial charge >= 0.3 is 25.7 Å². The first-order valence-corrected chi connectivity index (χ1v) is 35.6. The summed E-state index contributed by atoms with van der Waals surface area (Å²) in [6.45, 7) is 4.50. The maximum absolute atomic E-state index is 13.0. The lowest BCUT2D eigenvalue weighted by Gasteiger charge is -2.21. The zero-order valence-electron chi connectivity index (χ0n) is 53.8. The van der Waals surface area contributed by atoms with E-state index in [-0.39, 0.29) is 25.9 Å². The predicted octanol–water partition coefficient (Wildman–Crippen LogP) is 21.2. The standard InChI is InChI=1S/C72H125O11P/c1-4-7-10-13-16-19-22-25-28-31-34-37-40-43-46-49-52-55-58-61-70(74)79-65-69(83-72(76)63-60-57-54-51-48-45-42-39-36-33-30-27-24-21-18-15-12-9-6-3)67-81-84(77,78)80-66-68(64-73)82-71(75)62-59-56-53-50-47-44-41-38-35-32-29-26-23-20-17-14-11-8-5-2/h9,12,16,18-19,21,25,27-28,30,34,36-37,39,45,48,68-69,73H,4-8,10-11,13-15,17,20,22-24,26,29,31-33,35,38,40-44,46-47,49-67H2,1-3H3,(H,77,78)/b12-9-,19-16-,21-18-,28-25-,30-27-,37-34-,39-36-,48-45-. The second-order valence-corrected chi connectivity index (χ2v) is 24.1. The molecule has 0 radical (unpaired) electrons. The van der Waals surface area contributed by atoms with Gasteiger partial charge in [0.2, 0.25) is 0 Å². The molecule has 0 saturated carbocycles. The molecular formula is C72H125O11P. The Morgan fingerprint density at radius 3 is 0.988 bits per heavy atom. The van der Waals surface area contributed by atoms with Crippen molar-refractivity contribution < 1.29 is 52.2 Å². The molecule has 0 aromatic carbocycles. The average molecular weight is 1200 g/mol. The number of phosphoric acid groups is 1. The molecule has 11 nitrogen and oxygen atoms in total. The van der Waals surface area contributed by atoms with E-state index in [0.29, 0.717) is 19.3 Å². The Kier molecular flexibility index (Phi) is 62.6. The highest BCUT2D eigenvalue weighted by Gasteiger charge is 2.28. The average Bonchev–Trinajstić information content (AvgIpc) is 3.53. The monoisotopic (exact) mass is 1200 g/mol. The summed E-state index contributed by atoms with van der Waals surface area (Å²) in [5.41, 5.74) is 0. The Bertz CT molecular complexity index is 1780. The van der Waals surface area contributed by atoms with Gasteiger partial charge in [-0.25, -0.2) is 4.57 Å². The number of carbonyl (C=O) groups excluding carboxylic acids is 3. The molecule has 3 atom stereocenters. The molecule has 0 rings (SSSR count). The number of aliphatic hydroxyl groups excluding tert-OH is 1. The van der Waals surface area contributed by atoms with Crippen LogP contribution in [0.2, 0.25) is 0 Å². The van der Waals surface area contributed by atoms with Gasteiger partial charge in [0.25, 0.3) is 0 Å². The van der Waals surface area contributed by atoms with Gasteiger partial charge in [-0.05, 0) is 103 Å². The molecular weight excluding hydrogens is 1070 g/mol. The summed E-state index contributed by atoms with van der Waals surface area (Å²) in [7, 11) is -4.77. The molecule has 0 aliphatic rings. The van der Waals surface area contributed by atoms with Gasteiger partial charge in [0, 0.05) is 19.3 Å². The minimum absolute atomic E-state index is 0.122. The van der Waals surface area contributed by atoms with Crippen molar-refractivity contribution in [1.82, 2.24) is 0 Å². The first-order chi connectivity index (χ1) is 41.2. The third kappa shape index (κ3) is 62.9. The number of hydrogen-bond acceptors (Lipinski definition) is 10. The normalized spacial score (nSPS) is 13.8. The van der Waals surface area contributed by atoms with Gasteiger partial charge in [-0.1, -0.05) is 279 Å². The Morgan fingerprint density at radius 2 is 0.619 bits per heavy atom. The molecule has 12 heteroatoms. The predicted molar refractivity (Wildman–Crippen MR) is 353 cm³/mol. The van der Waals surface area contributed by atoms with Crippen molar-refractivity contribution in [3.05, 3.63) is 97.2 Å². The van der Waals surface area contributed by atoms with E-state index in [1.165, 1.54) is 122 Å². The number of allylic oxidation sites excluding steroid dienone is 16. The van der Waals surface area contributed by atoms with Gasteiger partial charge in [0.05, 0.1) is 19.8 Å². The Morgan fingerprint density at radius 1 is 0.345 bits per heavy atom. The highest BCUT2D eigenvalue weighted by molar-refractivity contribution is 7.47. The van der Waals surface area contributed by atoms with Crippen LogP contribution in [0.4, 0.5) is 0 Å². The first-order valence-electron chi connectivity index (χ1n) is 34.1. The Balaban J connectivity index is 4.74. The second-order valence-electron chi connectivity index (χ2n) is 22.6. The number of unbranched alkanes of at least 4 members (excludes halogenated alkanes) is 30. The Labute approximate surface area is 514 Å². The summed E-state index contributed by atoms with van der Waals surface area (Å²) >= 11 is 0. The molecule has 0 heterocycles. The zero-order chi connectivity index (χ0) is 61.2. The number of esters is 3. The highest BCUT2D eigenvalue weighted by Crippen LogP contribution is 2.43. The number of carbonyl (C=O) groups is 3. The molecule has 0 aromatic rings. The maximum atomic E-state index is 13.0. The lowest BCUT2D eigenvalue weighted by Crippen LogP contribution is -2.30. The van der Waals surface area contributed by atoms with Crippen molar-refractivity contribution in [3.63, 3.8) is 0 Å². The summed E-state index contributed by atoms with van der Waals surface area (Å²) in [6.07, 6.45) is 79.3. The van der Waals surface area contributed by atoms with Gasteiger partial charge < -0.3 is 24.2 Å². The minimum atomic E-state index is -4.77.